The molecule has 0 radical (unpaired) electrons. The molecule has 30 heavy (non-hydrogen) atoms. The molecular weight excluding hydrogens is 409 g/mol. The van der Waals surface area contributed by atoms with Crippen LogP contribution in [0.4, 0.5) is 10.3 Å². The fourth-order valence-corrected chi connectivity index (χ4v) is 5.39. The van der Waals surface area contributed by atoms with Gasteiger partial charge in [-0.2, -0.15) is 22.0 Å². The van der Waals surface area contributed by atoms with Gasteiger partial charge in [0.05, 0.1) is 0 Å². The molecule has 0 atom stereocenters. The summed E-state index contributed by atoms with van der Waals surface area (Å²) in [6.45, 7) is 3.01. The van der Waals surface area contributed by atoms with Gasteiger partial charge in [0.25, 0.3) is 10.2 Å². The first-order valence-electron chi connectivity index (χ1n) is 10.3. The van der Waals surface area contributed by atoms with E-state index in [1.807, 2.05) is 4.90 Å². The molecular formula is C20H26FN5O3S. The zero-order valence-electron chi connectivity index (χ0n) is 16.8. The monoisotopic (exact) mass is 435 g/mol. The van der Waals surface area contributed by atoms with Crippen LogP contribution in [-0.2, 0) is 10.2 Å². The number of nitrogens with zero attached hydrogens (tertiary/aromatic N) is 5. The average molecular weight is 436 g/mol. The molecule has 2 aliphatic heterocycles. The summed E-state index contributed by atoms with van der Waals surface area (Å²) >= 11 is 0. The number of hydrogen-bond acceptors (Lipinski definition) is 6. The number of aromatic nitrogens is 2. The van der Waals surface area contributed by atoms with Crippen LogP contribution in [0, 0.1) is 5.82 Å². The topological polar surface area (TPSA) is 78.9 Å². The van der Waals surface area contributed by atoms with Gasteiger partial charge in [0.2, 0.25) is 11.8 Å². The van der Waals surface area contributed by atoms with Crippen molar-refractivity contribution in [3.8, 4) is 11.6 Å². The van der Waals surface area contributed by atoms with Gasteiger partial charge in [-0.05, 0) is 37.1 Å². The Balaban J connectivity index is 1.38. The summed E-state index contributed by atoms with van der Waals surface area (Å²) in [5.41, 5.74) is 0. The van der Waals surface area contributed by atoms with Crippen LogP contribution in [-0.4, -0.2) is 66.3 Å². The Labute approximate surface area is 176 Å². The molecule has 2 aromatic rings. The lowest BCUT2D eigenvalue weighted by atomic mass is 10.2. The Kier molecular flexibility index (Phi) is 6.45. The van der Waals surface area contributed by atoms with Gasteiger partial charge in [-0.15, -0.1) is 0 Å². The minimum Gasteiger partial charge on any atom is -0.439 e. The van der Waals surface area contributed by atoms with E-state index in [-0.39, 0.29) is 5.82 Å². The van der Waals surface area contributed by atoms with Crippen LogP contribution in [0.5, 0.6) is 11.6 Å². The van der Waals surface area contributed by atoms with Crippen LogP contribution in [0.2, 0.25) is 0 Å². The Morgan fingerprint density at radius 1 is 0.833 bits per heavy atom. The minimum atomic E-state index is -3.42. The van der Waals surface area contributed by atoms with Crippen LogP contribution in [0.1, 0.15) is 25.7 Å². The normalized spacial score (nSPS) is 19.4. The molecule has 4 rings (SSSR count). The second kappa shape index (κ2) is 9.23. The lowest BCUT2D eigenvalue weighted by Crippen LogP contribution is -2.53. The van der Waals surface area contributed by atoms with Crippen LogP contribution >= 0.6 is 0 Å². The predicted octanol–water partition coefficient (Wildman–Crippen LogP) is 2.65. The number of rotatable bonds is 5. The van der Waals surface area contributed by atoms with Crippen LogP contribution in [0.15, 0.2) is 36.5 Å². The van der Waals surface area contributed by atoms with Crippen LogP contribution in [0.25, 0.3) is 0 Å². The van der Waals surface area contributed by atoms with E-state index >= 15 is 0 Å². The van der Waals surface area contributed by atoms with E-state index in [1.54, 1.807) is 20.9 Å². The molecule has 2 saturated heterocycles. The molecule has 2 fully saturated rings. The summed E-state index contributed by atoms with van der Waals surface area (Å²) in [4.78, 5) is 10.7. The van der Waals surface area contributed by atoms with E-state index in [9.17, 15) is 12.8 Å². The van der Waals surface area contributed by atoms with E-state index in [0.29, 0.717) is 56.8 Å². The van der Waals surface area contributed by atoms with Gasteiger partial charge in [0.15, 0.2) is 0 Å². The number of anilines is 1. The van der Waals surface area contributed by atoms with Crippen molar-refractivity contribution >= 4 is 16.2 Å². The fourth-order valence-electron chi connectivity index (χ4n) is 3.72. The van der Waals surface area contributed by atoms with E-state index in [4.69, 9.17) is 4.74 Å². The highest BCUT2D eigenvalue weighted by Gasteiger charge is 2.33. The molecule has 2 aliphatic rings. The van der Waals surface area contributed by atoms with E-state index in [1.165, 1.54) is 24.3 Å². The number of ether oxygens (including phenoxy) is 1. The molecule has 1 aromatic heterocycles. The van der Waals surface area contributed by atoms with Crippen molar-refractivity contribution < 1.29 is 17.5 Å². The van der Waals surface area contributed by atoms with Gasteiger partial charge >= 0.3 is 0 Å². The Morgan fingerprint density at radius 3 is 2.13 bits per heavy atom. The molecule has 8 nitrogen and oxygen atoms in total. The molecule has 0 unspecified atom stereocenters. The quantitative estimate of drug-likeness (QED) is 0.719. The molecule has 0 bridgehead atoms. The van der Waals surface area contributed by atoms with E-state index in [0.717, 1.165) is 25.7 Å². The molecule has 0 spiro atoms. The van der Waals surface area contributed by atoms with Crippen molar-refractivity contribution in [2.75, 3.05) is 44.2 Å². The Morgan fingerprint density at radius 2 is 1.47 bits per heavy atom. The SMILES string of the molecule is O=S(=O)(N1CCCCCC1)N1CCN(c2nccc(Oc3ccc(F)cc3)n2)CC1. The molecule has 0 aliphatic carbocycles. The summed E-state index contributed by atoms with van der Waals surface area (Å²) in [6, 6.07) is 7.34. The first kappa shape index (κ1) is 21.0. The number of hydrogen-bond donors (Lipinski definition) is 0. The second-order valence-electron chi connectivity index (χ2n) is 7.46. The molecule has 162 valence electrons. The summed E-state index contributed by atoms with van der Waals surface area (Å²) in [6.07, 6.45) is 5.63. The maximum absolute atomic E-state index is 13.0. The van der Waals surface area contributed by atoms with Gasteiger partial charge < -0.3 is 9.64 Å². The average Bonchev–Trinajstić information content (AvgIpc) is 3.06. The summed E-state index contributed by atoms with van der Waals surface area (Å²) < 4.78 is 47.9. The summed E-state index contributed by atoms with van der Waals surface area (Å²) in [5, 5.41) is 0. The predicted molar refractivity (Wildman–Crippen MR) is 111 cm³/mol. The standard InChI is InChI=1S/C20H26FN5O3S/c21-17-5-7-18(8-6-17)29-19-9-10-22-20(23-19)24-13-15-26(16-14-24)30(27,28)25-11-3-1-2-4-12-25/h5-10H,1-4,11-16H2. The maximum Gasteiger partial charge on any atom is 0.282 e. The Hall–Kier alpha value is -2.30. The van der Waals surface area contributed by atoms with Crippen molar-refractivity contribution in [1.82, 2.24) is 18.6 Å². The molecule has 0 saturated carbocycles. The van der Waals surface area contributed by atoms with Gasteiger partial charge in [0, 0.05) is 51.5 Å². The zero-order valence-corrected chi connectivity index (χ0v) is 17.6. The number of halogens is 1. The fraction of sp³-hybridized carbons (Fsp3) is 0.500. The van der Waals surface area contributed by atoms with Crippen molar-refractivity contribution in [2.45, 2.75) is 25.7 Å². The first-order chi connectivity index (χ1) is 14.5. The molecule has 1 aromatic carbocycles. The lowest BCUT2D eigenvalue weighted by molar-refractivity contribution is 0.326. The third-order valence-corrected chi connectivity index (χ3v) is 7.43. The van der Waals surface area contributed by atoms with E-state index in [2.05, 4.69) is 9.97 Å². The lowest BCUT2D eigenvalue weighted by Gasteiger charge is -2.36. The first-order valence-corrected chi connectivity index (χ1v) is 11.7. The minimum absolute atomic E-state index is 0.335. The third kappa shape index (κ3) is 4.88. The van der Waals surface area contributed by atoms with Crippen molar-refractivity contribution in [1.29, 1.82) is 0 Å². The van der Waals surface area contributed by atoms with Gasteiger partial charge in [-0.3, -0.25) is 0 Å². The van der Waals surface area contributed by atoms with Crippen LogP contribution in [0.3, 0.4) is 0 Å². The highest BCUT2D eigenvalue weighted by Crippen LogP contribution is 2.23. The summed E-state index contributed by atoms with van der Waals surface area (Å²) in [5.74, 6) is 0.987. The van der Waals surface area contributed by atoms with Crippen LogP contribution < -0.4 is 9.64 Å². The zero-order chi connectivity index (χ0) is 21.0. The Bertz CT molecular complexity index is 941. The third-order valence-electron chi connectivity index (χ3n) is 5.39. The molecule has 3 heterocycles. The maximum atomic E-state index is 13.0. The van der Waals surface area contributed by atoms with E-state index < -0.39 is 10.2 Å². The molecule has 0 N–H and O–H groups in total. The van der Waals surface area contributed by atoms with Gasteiger partial charge in [0.1, 0.15) is 11.6 Å². The molecule has 10 heteroatoms. The van der Waals surface area contributed by atoms with Gasteiger partial charge in [-0.25, -0.2) is 9.37 Å². The number of piperazine rings is 1. The van der Waals surface area contributed by atoms with Gasteiger partial charge in [-0.1, -0.05) is 12.8 Å². The van der Waals surface area contributed by atoms with Crippen molar-refractivity contribution in [3.63, 3.8) is 0 Å². The smallest absolute Gasteiger partial charge is 0.282 e. The highest BCUT2D eigenvalue weighted by atomic mass is 32.2. The summed E-state index contributed by atoms with van der Waals surface area (Å²) in [7, 11) is -3.42. The van der Waals surface area contributed by atoms with Crippen molar-refractivity contribution in [2.24, 2.45) is 0 Å². The van der Waals surface area contributed by atoms with Crippen molar-refractivity contribution in [3.05, 3.63) is 42.3 Å². The largest absolute Gasteiger partial charge is 0.439 e. The highest BCUT2D eigenvalue weighted by molar-refractivity contribution is 7.86. The second-order valence-corrected chi connectivity index (χ2v) is 9.39. The molecule has 0 amide bonds. The number of benzene rings is 1.